The Morgan fingerprint density at radius 1 is 0.946 bits per heavy atom. The number of rotatable bonds is 4. The Labute approximate surface area is 226 Å². The van der Waals surface area contributed by atoms with Crippen LogP contribution in [0.2, 0.25) is 0 Å². The third-order valence-corrected chi connectivity index (χ3v) is 6.55. The highest BCUT2D eigenvalue weighted by molar-refractivity contribution is 8.02. The lowest BCUT2D eigenvalue weighted by Crippen LogP contribution is -2.41. The monoisotopic (exact) mass is 520 g/mol. The molecule has 1 saturated heterocycles. The van der Waals surface area contributed by atoms with Gasteiger partial charge in [-0.3, -0.25) is 20.4 Å². The Hall–Kier alpha value is -3.32. The van der Waals surface area contributed by atoms with E-state index in [4.69, 9.17) is 4.99 Å². The van der Waals surface area contributed by atoms with Crippen LogP contribution in [-0.2, 0) is 4.79 Å². The lowest BCUT2D eigenvalue weighted by molar-refractivity contribution is -0.121. The molecular formula is C30H40N4O2S. The highest BCUT2D eigenvalue weighted by atomic mass is 32.2. The predicted molar refractivity (Wildman–Crippen MR) is 155 cm³/mol. The van der Waals surface area contributed by atoms with E-state index in [1.165, 1.54) is 35.6 Å². The van der Waals surface area contributed by atoms with Crippen molar-refractivity contribution in [1.82, 2.24) is 15.8 Å². The summed E-state index contributed by atoms with van der Waals surface area (Å²) in [6.07, 6.45) is 8.76. The highest BCUT2D eigenvalue weighted by Crippen LogP contribution is 2.30. The number of fused-ring (bicyclic) bond motifs is 1. The molecular weight excluding hydrogens is 480 g/mol. The third kappa shape index (κ3) is 10.3. The topological polar surface area (TPSA) is 73.8 Å². The van der Waals surface area contributed by atoms with Gasteiger partial charge in [0.25, 0.3) is 5.91 Å². The molecule has 0 spiro atoms. The second-order valence-electron chi connectivity index (χ2n) is 8.31. The molecule has 198 valence electrons. The molecule has 0 aliphatic carbocycles. The van der Waals surface area contributed by atoms with Crippen molar-refractivity contribution < 1.29 is 9.59 Å². The van der Waals surface area contributed by atoms with Gasteiger partial charge in [0, 0.05) is 41.2 Å². The Bertz CT molecular complexity index is 1070. The van der Waals surface area contributed by atoms with Crippen LogP contribution >= 0.6 is 11.8 Å². The molecule has 0 saturated carbocycles. The number of thioether (sulfide) groups is 1. The van der Waals surface area contributed by atoms with Crippen molar-refractivity contribution in [3.05, 3.63) is 89.0 Å². The third-order valence-electron chi connectivity index (χ3n) is 5.48. The Morgan fingerprint density at radius 3 is 2.32 bits per heavy atom. The fourth-order valence-electron chi connectivity index (χ4n) is 3.70. The van der Waals surface area contributed by atoms with E-state index in [1.54, 1.807) is 42.1 Å². The number of likely N-dealkylation sites (tertiary alicyclic amines) is 1. The SMILES string of the molecule is CC.CC/C=C\CC(=O)NNC(=O)c1ccccc1.CC1=CSc2ccccc2C(N2CCCCC2)=N1. The molecule has 0 radical (unpaired) electrons. The number of piperidine rings is 1. The number of hydrogen-bond donors (Lipinski definition) is 2. The maximum atomic E-state index is 11.5. The fraction of sp³-hybridized carbons (Fsp3) is 0.367. The van der Waals surface area contributed by atoms with E-state index in [9.17, 15) is 9.59 Å². The van der Waals surface area contributed by atoms with Crippen LogP contribution in [0.15, 0.2) is 87.7 Å². The zero-order valence-corrected chi connectivity index (χ0v) is 23.3. The van der Waals surface area contributed by atoms with E-state index < -0.39 is 0 Å². The van der Waals surface area contributed by atoms with E-state index in [2.05, 4.69) is 52.3 Å². The smallest absolute Gasteiger partial charge is 0.269 e. The summed E-state index contributed by atoms with van der Waals surface area (Å²) < 4.78 is 0. The van der Waals surface area contributed by atoms with Crippen LogP contribution in [0, 0.1) is 0 Å². The highest BCUT2D eigenvalue weighted by Gasteiger charge is 2.20. The van der Waals surface area contributed by atoms with E-state index in [0.29, 0.717) is 5.56 Å². The van der Waals surface area contributed by atoms with Gasteiger partial charge in [-0.1, -0.05) is 81.1 Å². The summed E-state index contributed by atoms with van der Waals surface area (Å²) in [5.41, 5.74) is 7.61. The van der Waals surface area contributed by atoms with E-state index in [-0.39, 0.29) is 18.2 Å². The van der Waals surface area contributed by atoms with E-state index >= 15 is 0 Å². The van der Waals surface area contributed by atoms with Crippen LogP contribution in [0.1, 0.15) is 75.7 Å². The van der Waals surface area contributed by atoms with E-state index in [1.807, 2.05) is 32.9 Å². The van der Waals surface area contributed by atoms with Crippen molar-refractivity contribution in [3.8, 4) is 0 Å². The molecule has 1 fully saturated rings. The number of allylic oxidation sites excluding steroid dienone is 2. The molecule has 0 unspecified atom stereocenters. The van der Waals surface area contributed by atoms with Crippen molar-refractivity contribution in [2.75, 3.05) is 13.1 Å². The summed E-state index contributed by atoms with van der Waals surface area (Å²) in [7, 11) is 0. The molecule has 4 rings (SSSR count). The summed E-state index contributed by atoms with van der Waals surface area (Å²) in [4.78, 5) is 31.4. The number of nitrogens with one attached hydrogen (secondary N) is 2. The largest absolute Gasteiger partial charge is 0.356 e. The Morgan fingerprint density at radius 2 is 1.62 bits per heavy atom. The number of amides is 2. The second kappa shape index (κ2) is 17.2. The molecule has 2 aliphatic heterocycles. The number of hydrogen-bond acceptors (Lipinski definition) is 5. The molecule has 37 heavy (non-hydrogen) atoms. The van der Waals surface area contributed by atoms with Gasteiger partial charge in [-0.15, -0.1) is 0 Å². The van der Waals surface area contributed by atoms with Gasteiger partial charge in [0.05, 0.1) is 0 Å². The number of amidine groups is 1. The molecule has 0 aromatic heterocycles. The van der Waals surface area contributed by atoms with Crippen LogP contribution in [0.5, 0.6) is 0 Å². The van der Waals surface area contributed by atoms with Gasteiger partial charge in [-0.05, 0) is 56.2 Å². The first-order chi connectivity index (χ1) is 18.1. The van der Waals surface area contributed by atoms with Gasteiger partial charge >= 0.3 is 0 Å². The molecule has 2 N–H and O–H groups in total. The molecule has 7 heteroatoms. The molecule has 0 bridgehead atoms. The lowest BCUT2D eigenvalue weighted by atomic mass is 10.1. The van der Waals surface area contributed by atoms with Gasteiger partial charge in [0.2, 0.25) is 5.91 Å². The summed E-state index contributed by atoms with van der Waals surface area (Å²) >= 11 is 1.78. The maximum Gasteiger partial charge on any atom is 0.269 e. The quantitative estimate of drug-likeness (QED) is 0.347. The molecule has 2 aromatic carbocycles. The minimum Gasteiger partial charge on any atom is -0.356 e. The first-order valence-electron chi connectivity index (χ1n) is 13.1. The van der Waals surface area contributed by atoms with Crippen LogP contribution in [0.25, 0.3) is 0 Å². The molecule has 2 amide bonds. The van der Waals surface area contributed by atoms with Crippen LogP contribution < -0.4 is 10.9 Å². The van der Waals surface area contributed by atoms with Crippen molar-refractivity contribution in [2.45, 2.75) is 64.7 Å². The molecule has 2 aliphatic rings. The number of carbonyl (C=O) groups is 2. The van der Waals surface area contributed by atoms with Crippen LogP contribution in [-0.4, -0.2) is 35.6 Å². The van der Waals surface area contributed by atoms with Crippen molar-refractivity contribution in [1.29, 1.82) is 0 Å². The Balaban J connectivity index is 0.000000245. The number of hydrazine groups is 1. The maximum absolute atomic E-state index is 11.5. The summed E-state index contributed by atoms with van der Waals surface area (Å²) in [5, 5.41) is 2.15. The number of benzene rings is 2. The average molecular weight is 521 g/mol. The number of nitrogens with zero attached hydrogens (tertiary/aromatic N) is 2. The van der Waals surface area contributed by atoms with Crippen molar-refractivity contribution in [2.24, 2.45) is 4.99 Å². The average Bonchev–Trinajstić information content (AvgIpc) is 3.13. The lowest BCUT2D eigenvalue weighted by Gasteiger charge is -2.30. The summed E-state index contributed by atoms with van der Waals surface area (Å²) in [5.74, 6) is 0.612. The van der Waals surface area contributed by atoms with Crippen molar-refractivity contribution >= 4 is 29.4 Å². The number of aliphatic imine (C=N–C) groups is 1. The van der Waals surface area contributed by atoms with Gasteiger partial charge in [0.1, 0.15) is 5.84 Å². The second-order valence-corrected chi connectivity index (χ2v) is 9.22. The van der Waals surface area contributed by atoms with Gasteiger partial charge in [0.15, 0.2) is 0 Å². The van der Waals surface area contributed by atoms with Gasteiger partial charge < -0.3 is 4.90 Å². The predicted octanol–water partition coefficient (Wildman–Crippen LogP) is 6.72. The van der Waals surface area contributed by atoms with Crippen molar-refractivity contribution in [3.63, 3.8) is 0 Å². The molecule has 2 aromatic rings. The summed E-state index contributed by atoms with van der Waals surface area (Å²) in [6, 6.07) is 17.3. The molecule has 2 heterocycles. The first kappa shape index (κ1) is 29.9. The number of carbonyl (C=O) groups excluding carboxylic acids is 2. The standard InChI is InChI=1S/C15H18N2S.C13H16N2O2.C2H6/c1-12-11-18-14-8-4-3-7-13(14)15(16-12)17-9-5-2-6-10-17;1-2-3-5-10-12(16)14-15-13(17)11-8-6-4-7-9-11;1-2/h3-4,7-8,11H,2,5-6,9-10H2,1H3;3-9H,2,10H2,1H3,(H,14,16)(H,15,17);1-2H3/b;5-3-;. The Kier molecular flexibility index (Phi) is 13.9. The normalized spacial score (nSPS) is 14.4. The van der Waals surface area contributed by atoms with Crippen LogP contribution in [0.3, 0.4) is 0 Å². The minimum atomic E-state index is -0.321. The molecule has 0 atom stereocenters. The molecule has 6 nitrogen and oxygen atoms in total. The zero-order valence-electron chi connectivity index (χ0n) is 22.5. The van der Waals surface area contributed by atoms with Gasteiger partial charge in [-0.2, -0.15) is 0 Å². The van der Waals surface area contributed by atoms with Gasteiger partial charge in [-0.25, -0.2) is 4.99 Å². The zero-order chi connectivity index (χ0) is 26.9. The minimum absolute atomic E-state index is 0.237. The first-order valence-corrected chi connectivity index (χ1v) is 14.0. The van der Waals surface area contributed by atoms with Crippen LogP contribution in [0.4, 0.5) is 0 Å². The van der Waals surface area contributed by atoms with E-state index in [0.717, 1.165) is 25.2 Å². The fourth-order valence-corrected chi connectivity index (χ4v) is 4.49. The summed E-state index contributed by atoms with van der Waals surface area (Å²) in [6.45, 7) is 10.4.